The smallest absolute Gasteiger partial charge is 0.236 e. The standard InChI is InChI=1S/C14H28N2O/c1-3-10-16-14(17)12(2)15-11-9-13-7-5-4-6-8-13/h12-13,15H,3-11H2,1-2H3,(H,16,17). The molecule has 0 aliphatic heterocycles. The number of nitrogens with one attached hydrogen (secondary N) is 2. The first-order chi connectivity index (χ1) is 8.24. The van der Waals surface area contributed by atoms with Crippen molar-refractivity contribution in [2.24, 2.45) is 5.92 Å². The summed E-state index contributed by atoms with van der Waals surface area (Å²) in [6, 6.07) is -0.0508. The van der Waals surface area contributed by atoms with E-state index in [4.69, 9.17) is 0 Å². The number of hydrogen-bond donors (Lipinski definition) is 2. The summed E-state index contributed by atoms with van der Waals surface area (Å²) in [5, 5.41) is 6.25. The molecule has 0 saturated heterocycles. The van der Waals surface area contributed by atoms with Crippen LogP contribution < -0.4 is 10.6 Å². The number of carbonyl (C=O) groups excluding carboxylic acids is 1. The maximum absolute atomic E-state index is 11.6. The minimum Gasteiger partial charge on any atom is -0.355 e. The van der Waals surface area contributed by atoms with Crippen LogP contribution in [0.3, 0.4) is 0 Å². The van der Waals surface area contributed by atoms with E-state index in [0.29, 0.717) is 0 Å². The Kier molecular flexibility index (Phi) is 7.25. The van der Waals surface area contributed by atoms with Gasteiger partial charge < -0.3 is 10.6 Å². The molecule has 1 unspecified atom stereocenters. The fraction of sp³-hybridized carbons (Fsp3) is 0.929. The van der Waals surface area contributed by atoms with E-state index < -0.39 is 0 Å². The van der Waals surface area contributed by atoms with Gasteiger partial charge in [-0.25, -0.2) is 0 Å². The molecule has 0 aromatic heterocycles. The maximum Gasteiger partial charge on any atom is 0.236 e. The molecule has 1 saturated carbocycles. The van der Waals surface area contributed by atoms with Crippen molar-refractivity contribution < 1.29 is 4.79 Å². The second-order valence-corrected chi connectivity index (χ2v) is 5.26. The predicted octanol–water partition coefficient (Wildman–Crippen LogP) is 2.46. The fourth-order valence-electron chi connectivity index (χ4n) is 2.47. The van der Waals surface area contributed by atoms with Crippen LogP contribution in [-0.2, 0) is 4.79 Å². The molecule has 17 heavy (non-hydrogen) atoms. The number of hydrogen-bond acceptors (Lipinski definition) is 2. The molecule has 0 bridgehead atoms. The van der Waals surface area contributed by atoms with Crippen molar-refractivity contribution in [3.8, 4) is 0 Å². The number of rotatable bonds is 7. The zero-order chi connectivity index (χ0) is 12.5. The molecule has 0 aromatic rings. The van der Waals surface area contributed by atoms with E-state index in [9.17, 15) is 4.79 Å². The molecule has 0 heterocycles. The quantitative estimate of drug-likeness (QED) is 0.718. The van der Waals surface area contributed by atoms with Crippen LogP contribution in [0.4, 0.5) is 0 Å². The van der Waals surface area contributed by atoms with Crippen molar-refractivity contribution in [3.63, 3.8) is 0 Å². The van der Waals surface area contributed by atoms with Crippen molar-refractivity contribution in [3.05, 3.63) is 0 Å². The van der Waals surface area contributed by atoms with E-state index >= 15 is 0 Å². The summed E-state index contributed by atoms with van der Waals surface area (Å²) in [5.41, 5.74) is 0. The SMILES string of the molecule is CCCNC(=O)C(C)NCCC1CCCCC1. The molecule has 2 N–H and O–H groups in total. The molecule has 1 aliphatic rings. The third-order valence-electron chi connectivity index (χ3n) is 3.67. The first-order valence-electron chi connectivity index (χ1n) is 7.25. The average molecular weight is 240 g/mol. The molecule has 3 nitrogen and oxygen atoms in total. The Hall–Kier alpha value is -0.570. The summed E-state index contributed by atoms with van der Waals surface area (Å²) in [5.74, 6) is 1.03. The highest BCUT2D eigenvalue weighted by Crippen LogP contribution is 2.25. The molecule has 1 rings (SSSR count). The van der Waals surface area contributed by atoms with Gasteiger partial charge in [0.2, 0.25) is 5.91 Å². The molecular formula is C14H28N2O. The van der Waals surface area contributed by atoms with Crippen LogP contribution in [0, 0.1) is 5.92 Å². The Labute approximate surface area is 106 Å². The largest absolute Gasteiger partial charge is 0.355 e. The Bertz CT molecular complexity index is 212. The third kappa shape index (κ3) is 6.06. The third-order valence-corrected chi connectivity index (χ3v) is 3.67. The first-order valence-corrected chi connectivity index (χ1v) is 7.25. The van der Waals surface area contributed by atoms with E-state index in [-0.39, 0.29) is 11.9 Å². The van der Waals surface area contributed by atoms with Gasteiger partial charge in [-0.3, -0.25) is 4.79 Å². The average Bonchev–Trinajstić information content (AvgIpc) is 2.37. The zero-order valence-electron chi connectivity index (χ0n) is 11.4. The van der Waals surface area contributed by atoms with Crippen molar-refractivity contribution in [2.45, 2.75) is 64.8 Å². The lowest BCUT2D eigenvalue weighted by Gasteiger charge is -2.22. The van der Waals surface area contributed by atoms with E-state index in [2.05, 4.69) is 17.6 Å². The first kappa shape index (κ1) is 14.5. The number of carbonyl (C=O) groups is 1. The van der Waals surface area contributed by atoms with Crippen LogP contribution >= 0.6 is 0 Å². The summed E-state index contributed by atoms with van der Waals surface area (Å²) in [6.45, 7) is 5.78. The van der Waals surface area contributed by atoms with E-state index in [1.165, 1.54) is 38.5 Å². The Morgan fingerprint density at radius 2 is 1.94 bits per heavy atom. The molecule has 0 radical (unpaired) electrons. The predicted molar refractivity (Wildman–Crippen MR) is 72.0 cm³/mol. The van der Waals surface area contributed by atoms with Gasteiger partial charge in [0.15, 0.2) is 0 Å². The summed E-state index contributed by atoms with van der Waals surface area (Å²) >= 11 is 0. The molecular weight excluding hydrogens is 212 g/mol. The van der Waals surface area contributed by atoms with Gasteiger partial charge in [-0.2, -0.15) is 0 Å². The normalized spacial score (nSPS) is 18.9. The summed E-state index contributed by atoms with van der Waals surface area (Å²) < 4.78 is 0. The van der Waals surface area contributed by atoms with Gasteiger partial charge in [0.25, 0.3) is 0 Å². The van der Waals surface area contributed by atoms with Gasteiger partial charge in [0, 0.05) is 6.54 Å². The molecule has 1 amide bonds. The van der Waals surface area contributed by atoms with Crippen molar-refractivity contribution in [1.82, 2.24) is 10.6 Å². The van der Waals surface area contributed by atoms with E-state index in [0.717, 1.165) is 25.4 Å². The molecule has 1 atom stereocenters. The molecule has 0 spiro atoms. The second kappa shape index (κ2) is 8.51. The number of amides is 1. The Balaban J connectivity index is 2.06. The van der Waals surface area contributed by atoms with Gasteiger partial charge in [-0.15, -0.1) is 0 Å². The summed E-state index contributed by atoms with van der Waals surface area (Å²) in [7, 11) is 0. The fourth-order valence-corrected chi connectivity index (χ4v) is 2.47. The lowest BCUT2D eigenvalue weighted by Crippen LogP contribution is -2.43. The summed E-state index contributed by atoms with van der Waals surface area (Å²) in [4.78, 5) is 11.6. The van der Waals surface area contributed by atoms with E-state index in [1.54, 1.807) is 0 Å². The van der Waals surface area contributed by atoms with Crippen molar-refractivity contribution in [1.29, 1.82) is 0 Å². The molecule has 100 valence electrons. The van der Waals surface area contributed by atoms with E-state index in [1.807, 2.05) is 6.92 Å². The van der Waals surface area contributed by atoms with Gasteiger partial charge in [-0.1, -0.05) is 39.0 Å². The molecule has 1 aliphatic carbocycles. The van der Waals surface area contributed by atoms with Crippen LogP contribution in [0.2, 0.25) is 0 Å². The topological polar surface area (TPSA) is 41.1 Å². The highest BCUT2D eigenvalue weighted by molar-refractivity contribution is 5.81. The minimum absolute atomic E-state index is 0.0508. The van der Waals surface area contributed by atoms with Crippen LogP contribution in [0.1, 0.15) is 58.8 Å². The van der Waals surface area contributed by atoms with Crippen LogP contribution in [0.5, 0.6) is 0 Å². The molecule has 1 fully saturated rings. The van der Waals surface area contributed by atoms with Crippen molar-refractivity contribution >= 4 is 5.91 Å². The molecule has 0 aromatic carbocycles. The van der Waals surface area contributed by atoms with Crippen LogP contribution in [0.25, 0.3) is 0 Å². The van der Waals surface area contributed by atoms with Crippen LogP contribution in [-0.4, -0.2) is 25.0 Å². The van der Waals surface area contributed by atoms with Gasteiger partial charge >= 0.3 is 0 Å². The Morgan fingerprint density at radius 3 is 2.59 bits per heavy atom. The Morgan fingerprint density at radius 1 is 1.24 bits per heavy atom. The van der Waals surface area contributed by atoms with Gasteiger partial charge in [0.05, 0.1) is 6.04 Å². The zero-order valence-corrected chi connectivity index (χ0v) is 11.4. The second-order valence-electron chi connectivity index (χ2n) is 5.26. The lowest BCUT2D eigenvalue weighted by molar-refractivity contribution is -0.122. The maximum atomic E-state index is 11.6. The lowest BCUT2D eigenvalue weighted by atomic mass is 9.87. The summed E-state index contributed by atoms with van der Waals surface area (Å²) in [6.07, 6.45) is 9.22. The highest BCUT2D eigenvalue weighted by atomic mass is 16.2. The molecule has 3 heteroatoms. The highest BCUT2D eigenvalue weighted by Gasteiger charge is 2.15. The van der Waals surface area contributed by atoms with Crippen molar-refractivity contribution in [2.75, 3.05) is 13.1 Å². The monoisotopic (exact) mass is 240 g/mol. The van der Waals surface area contributed by atoms with Gasteiger partial charge in [-0.05, 0) is 32.2 Å². The minimum atomic E-state index is -0.0508. The van der Waals surface area contributed by atoms with Gasteiger partial charge in [0.1, 0.15) is 0 Å². The van der Waals surface area contributed by atoms with Crippen LogP contribution in [0.15, 0.2) is 0 Å².